The van der Waals surface area contributed by atoms with Crippen molar-refractivity contribution in [2.24, 2.45) is 0 Å². The maximum atomic E-state index is 12.9. The van der Waals surface area contributed by atoms with Crippen LogP contribution in [0.25, 0.3) is 10.2 Å². The zero-order chi connectivity index (χ0) is 17.9. The maximum absolute atomic E-state index is 12.9. The lowest BCUT2D eigenvalue weighted by Crippen LogP contribution is -2.30. The number of likely N-dealkylation sites (tertiary alicyclic amines) is 1. The molecule has 0 saturated carbocycles. The van der Waals surface area contributed by atoms with Gasteiger partial charge in [-0.25, -0.2) is 9.37 Å². The van der Waals surface area contributed by atoms with Crippen molar-refractivity contribution in [1.82, 2.24) is 9.88 Å². The molecule has 1 saturated heterocycles. The van der Waals surface area contributed by atoms with E-state index in [1.165, 1.54) is 16.8 Å². The molecule has 134 valence electrons. The van der Waals surface area contributed by atoms with Crippen molar-refractivity contribution in [3.05, 3.63) is 59.4 Å². The Morgan fingerprint density at radius 3 is 2.85 bits per heavy atom. The number of hydrogen-bond acceptors (Lipinski definition) is 4. The van der Waals surface area contributed by atoms with Crippen molar-refractivity contribution >= 4 is 39.2 Å². The fourth-order valence-corrected chi connectivity index (χ4v) is 5.24. The molecule has 1 aromatic heterocycles. The summed E-state index contributed by atoms with van der Waals surface area (Å²) in [6.07, 6.45) is 2.50. The predicted octanol–water partition coefficient (Wildman–Crippen LogP) is 5.28. The van der Waals surface area contributed by atoms with Crippen LogP contribution in [0.1, 0.15) is 30.3 Å². The molecule has 0 N–H and O–H groups in total. The summed E-state index contributed by atoms with van der Waals surface area (Å²) in [6.45, 7) is 0.806. The summed E-state index contributed by atoms with van der Waals surface area (Å²) in [7, 11) is 0. The molecule has 0 aliphatic carbocycles. The van der Waals surface area contributed by atoms with E-state index in [-0.39, 0.29) is 17.8 Å². The topological polar surface area (TPSA) is 33.2 Å². The van der Waals surface area contributed by atoms with Gasteiger partial charge in [0.15, 0.2) is 0 Å². The highest BCUT2D eigenvalue weighted by Gasteiger charge is 2.31. The van der Waals surface area contributed by atoms with E-state index in [0.717, 1.165) is 34.8 Å². The summed E-state index contributed by atoms with van der Waals surface area (Å²) in [5, 5.41) is 1.04. The van der Waals surface area contributed by atoms with Gasteiger partial charge >= 0.3 is 0 Å². The third-order valence-corrected chi connectivity index (χ3v) is 6.72. The van der Waals surface area contributed by atoms with E-state index in [1.807, 2.05) is 23.1 Å². The summed E-state index contributed by atoms with van der Waals surface area (Å²) in [5.74, 6) is 0.649. The normalized spacial score (nSPS) is 17.1. The minimum Gasteiger partial charge on any atom is -0.333 e. The third-order valence-electron chi connectivity index (χ3n) is 4.57. The Balaban J connectivity index is 1.39. The average molecular weight is 387 g/mol. The molecular formula is C20H19FN2OS2. The summed E-state index contributed by atoms with van der Waals surface area (Å²) >= 11 is 3.28. The van der Waals surface area contributed by atoms with Crippen molar-refractivity contribution < 1.29 is 9.18 Å². The standard InChI is InChI=1S/C20H19FN2OS2/c21-14-7-9-15(10-8-14)25-13-11-19(24)23-12-3-5-17(23)20-22-16-4-1-2-6-18(16)26-20/h1-2,4,6-10,17H,3,5,11-13H2. The highest BCUT2D eigenvalue weighted by Crippen LogP contribution is 2.37. The van der Waals surface area contributed by atoms with E-state index < -0.39 is 0 Å². The van der Waals surface area contributed by atoms with Crippen LogP contribution in [0.5, 0.6) is 0 Å². The van der Waals surface area contributed by atoms with Gasteiger partial charge in [-0.05, 0) is 49.2 Å². The van der Waals surface area contributed by atoms with Gasteiger partial charge in [-0.3, -0.25) is 4.79 Å². The Morgan fingerprint density at radius 1 is 1.23 bits per heavy atom. The lowest BCUT2D eigenvalue weighted by molar-refractivity contribution is -0.131. The molecule has 1 amide bonds. The van der Waals surface area contributed by atoms with Gasteiger partial charge in [0.25, 0.3) is 0 Å². The second-order valence-electron chi connectivity index (χ2n) is 6.32. The van der Waals surface area contributed by atoms with Crippen LogP contribution < -0.4 is 0 Å². The number of amides is 1. The van der Waals surface area contributed by atoms with E-state index >= 15 is 0 Å². The van der Waals surface area contributed by atoms with Crippen molar-refractivity contribution in [1.29, 1.82) is 0 Å². The molecule has 26 heavy (non-hydrogen) atoms. The van der Waals surface area contributed by atoms with Gasteiger partial charge in [-0.2, -0.15) is 0 Å². The van der Waals surface area contributed by atoms with Crippen LogP contribution in [-0.4, -0.2) is 28.1 Å². The second kappa shape index (κ2) is 7.76. The molecular weight excluding hydrogens is 367 g/mol. The molecule has 6 heteroatoms. The first-order valence-corrected chi connectivity index (χ1v) is 10.5. The number of para-hydroxylation sites is 1. The Kier molecular flexibility index (Phi) is 5.22. The number of nitrogens with zero attached hydrogens (tertiary/aromatic N) is 2. The minimum absolute atomic E-state index is 0.107. The van der Waals surface area contributed by atoms with Crippen molar-refractivity contribution in [2.75, 3.05) is 12.3 Å². The molecule has 4 rings (SSSR count). The quantitative estimate of drug-likeness (QED) is 0.559. The molecule has 0 radical (unpaired) electrons. The summed E-state index contributed by atoms with van der Waals surface area (Å²) in [4.78, 5) is 20.4. The Labute approximate surface area is 160 Å². The largest absolute Gasteiger partial charge is 0.333 e. The van der Waals surface area contributed by atoms with Crippen molar-refractivity contribution in [2.45, 2.75) is 30.2 Å². The highest BCUT2D eigenvalue weighted by molar-refractivity contribution is 7.99. The van der Waals surface area contributed by atoms with Crippen LogP contribution in [0.2, 0.25) is 0 Å². The number of fused-ring (bicyclic) bond motifs is 1. The Bertz CT molecular complexity index is 877. The van der Waals surface area contributed by atoms with E-state index in [1.54, 1.807) is 35.2 Å². The number of thiazole rings is 1. The molecule has 1 fully saturated rings. The monoisotopic (exact) mass is 386 g/mol. The summed E-state index contributed by atoms with van der Waals surface area (Å²) in [5.41, 5.74) is 1.01. The molecule has 2 heterocycles. The van der Waals surface area contributed by atoms with Crippen LogP contribution in [0, 0.1) is 5.82 Å². The van der Waals surface area contributed by atoms with Gasteiger partial charge < -0.3 is 4.90 Å². The maximum Gasteiger partial charge on any atom is 0.224 e. The Morgan fingerprint density at radius 2 is 2.04 bits per heavy atom. The van der Waals surface area contributed by atoms with E-state index in [0.29, 0.717) is 12.2 Å². The first kappa shape index (κ1) is 17.5. The molecule has 1 unspecified atom stereocenters. The van der Waals surface area contributed by atoms with E-state index in [9.17, 15) is 9.18 Å². The van der Waals surface area contributed by atoms with E-state index in [4.69, 9.17) is 4.98 Å². The van der Waals surface area contributed by atoms with Crippen LogP contribution in [0.3, 0.4) is 0 Å². The number of carbonyl (C=O) groups excluding carboxylic acids is 1. The molecule has 1 aliphatic rings. The zero-order valence-electron chi connectivity index (χ0n) is 14.2. The number of carbonyl (C=O) groups is 1. The lowest BCUT2D eigenvalue weighted by atomic mass is 10.2. The second-order valence-corrected chi connectivity index (χ2v) is 8.55. The smallest absolute Gasteiger partial charge is 0.224 e. The first-order valence-electron chi connectivity index (χ1n) is 8.74. The fraction of sp³-hybridized carbons (Fsp3) is 0.300. The van der Waals surface area contributed by atoms with Gasteiger partial charge in [-0.15, -0.1) is 23.1 Å². The van der Waals surface area contributed by atoms with Gasteiger partial charge in [0.2, 0.25) is 5.91 Å². The molecule has 2 aromatic carbocycles. The minimum atomic E-state index is -0.235. The van der Waals surface area contributed by atoms with Gasteiger partial charge in [-0.1, -0.05) is 12.1 Å². The molecule has 0 bridgehead atoms. The van der Waals surface area contributed by atoms with Gasteiger partial charge in [0.1, 0.15) is 10.8 Å². The van der Waals surface area contributed by atoms with Crippen LogP contribution in [0.15, 0.2) is 53.4 Å². The predicted molar refractivity (Wildman–Crippen MR) is 105 cm³/mol. The summed E-state index contributed by atoms with van der Waals surface area (Å²) in [6, 6.07) is 14.6. The number of benzene rings is 2. The van der Waals surface area contributed by atoms with Gasteiger partial charge in [0, 0.05) is 23.6 Å². The summed E-state index contributed by atoms with van der Waals surface area (Å²) < 4.78 is 14.1. The van der Waals surface area contributed by atoms with Crippen LogP contribution >= 0.6 is 23.1 Å². The first-order chi connectivity index (χ1) is 12.7. The molecule has 0 spiro atoms. The molecule has 1 atom stereocenters. The van der Waals surface area contributed by atoms with E-state index in [2.05, 4.69) is 6.07 Å². The Hall–Kier alpha value is -1.92. The zero-order valence-corrected chi connectivity index (χ0v) is 15.9. The fourth-order valence-electron chi connectivity index (χ4n) is 3.29. The number of halogens is 1. The molecule has 1 aliphatic heterocycles. The number of hydrogen-bond donors (Lipinski definition) is 0. The molecule has 3 nitrogen and oxygen atoms in total. The number of rotatable bonds is 5. The number of thioether (sulfide) groups is 1. The average Bonchev–Trinajstić information content (AvgIpc) is 3.29. The molecule has 3 aromatic rings. The lowest BCUT2D eigenvalue weighted by Gasteiger charge is -2.23. The van der Waals surface area contributed by atoms with Crippen LogP contribution in [-0.2, 0) is 4.79 Å². The third kappa shape index (κ3) is 3.76. The van der Waals surface area contributed by atoms with Crippen molar-refractivity contribution in [3.8, 4) is 0 Å². The van der Waals surface area contributed by atoms with Gasteiger partial charge in [0.05, 0.1) is 16.3 Å². The highest BCUT2D eigenvalue weighted by atomic mass is 32.2. The SMILES string of the molecule is O=C(CCSc1ccc(F)cc1)N1CCCC1c1nc2ccccc2s1. The van der Waals surface area contributed by atoms with Crippen LogP contribution in [0.4, 0.5) is 4.39 Å². The van der Waals surface area contributed by atoms with Crippen molar-refractivity contribution in [3.63, 3.8) is 0 Å². The number of aromatic nitrogens is 1.